The van der Waals surface area contributed by atoms with E-state index in [0.29, 0.717) is 0 Å². The van der Waals surface area contributed by atoms with Gasteiger partial charge in [0.15, 0.2) is 0 Å². The summed E-state index contributed by atoms with van der Waals surface area (Å²) in [5.41, 5.74) is 6.31. The van der Waals surface area contributed by atoms with Crippen molar-refractivity contribution in [3.63, 3.8) is 0 Å². The van der Waals surface area contributed by atoms with E-state index in [-0.39, 0.29) is 0 Å². The predicted octanol–water partition coefficient (Wildman–Crippen LogP) is 6.44. The molecule has 1 heterocycles. The topological polar surface area (TPSA) is 15.8 Å². The lowest BCUT2D eigenvalue weighted by Gasteiger charge is -2.06. The molecule has 2 heteroatoms. The number of nitrogens with one attached hydrogen (secondary N) is 1. The molecule has 0 unspecified atom stereocenters. The summed E-state index contributed by atoms with van der Waals surface area (Å²) in [6, 6.07) is 27.9. The normalized spacial score (nSPS) is 11.0. The maximum Gasteiger partial charge on any atom is 0.0603 e. The monoisotopic (exact) mass is 329 g/mol. The van der Waals surface area contributed by atoms with E-state index in [1.54, 1.807) is 0 Å². The molecule has 1 N–H and O–H groups in total. The first kappa shape index (κ1) is 15.1. The number of hydrogen-bond acceptors (Lipinski definition) is 1. The summed E-state index contributed by atoms with van der Waals surface area (Å²) >= 11 is 1.91. The molecule has 0 radical (unpaired) electrons. The molecule has 118 valence electrons. The Morgan fingerprint density at radius 2 is 1.50 bits per heavy atom. The Hall–Kier alpha value is -2.45. The summed E-state index contributed by atoms with van der Waals surface area (Å²) in [5.74, 6) is 0.974. The molecular weight excluding hydrogens is 310 g/mol. The van der Waals surface area contributed by atoms with E-state index >= 15 is 0 Å². The van der Waals surface area contributed by atoms with Crippen molar-refractivity contribution in [1.29, 1.82) is 0 Å². The fourth-order valence-corrected chi connectivity index (χ4v) is 4.06. The van der Waals surface area contributed by atoms with Crippen LogP contribution >= 0.6 is 11.8 Å². The molecule has 0 spiro atoms. The largest absolute Gasteiger partial charge is 0.354 e. The molecule has 3 aromatic carbocycles. The van der Waals surface area contributed by atoms with Crippen molar-refractivity contribution in [3.8, 4) is 11.3 Å². The minimum Gasteiger partial charge on any atom is -0.354 e. The van der Waals surface area contributed by atoms with Gasteiger partial charge in [0.2, 0.25) is 0 Å². The lowest BCUT2D eigenvalue weighted by molar-refractivity contribution is 1.35. The van der Waals surface area contributed by atoms with Crippen LogP contribution < -0.4 is 0 Å². The van der Waals surface area contributed by atoms with E-state index < -0.39 is 0 Å². The molecule has 1 aromatic heterocycles. The zero-order valence-corrected chi connectivity index (χ0v) is 14.4. The highest BCUT2D eigenvalue weighted by molar-refractivity contribution is 7.98. The van der Waals surface area contributed by atoms with E-state index in [1.165, 1.54) is 38.2 Å². The molecule has 4 rings (SSSR count). The van der Waals surface area contributed by atoms with Crippen molar-refractivity contribution in [2.24, 2.45) is 0 Å². The zero-order valence-electron chi connectivity index (χ0n) is 13.6. The number of fused-ring (bicyclic) bond motifs is 1. The van der Waals surface area contributed by atoms with Gasteiger partial charge in [0.25, 0.3) is 0 Å². The number of rotatable bonds is 4. The molecule has 24 heavy (non-hydrogen) atoms. The molecule has 0 saturated carbocycles. The van der Waals surface area contributed by atoms with Crippen LogP contribution in [0.4, 0.5) is 0 Å². The van der Waals surface area contributed by atoms with Crippen LogP contribution in [0, 0.1) is 6.92 Å². The first-order valence-electron chi connectivity index (χ1n) is 8.16. The Morgan fingerprint density at radius 1 is 0.792 bits per heavy atom. The van der Waals surface area contributed by atoms with Crippen LogP contribution in [0.15, 0.2) is 83.8 Å². The van der Waals surface area contributed by atoms with Crippen LogP contribution in [0.5, 0.6) is 0 Å². The highest BCUT2D eigenvalue weighted by Crippen LogP contribution is 2.38. The van der Waals surface area contributed by atoms with Crippen LogP contribution in [-0.2, 0) is 5.75 Å². The minimum atomic E-state index is 0.974. The van der Waals surface area contributed by atoms with Crippen LogP contribution in [0.1, 0.15) is 11.1 Å². The summed E-state index contributed by atoms with van der Waals surface area (Å²) in [6.07, 6.45) is 0. The van der Waals surface area contributed by atoms with Crippen molar-refractivity contribution in [3.05, 3.63) is 90.0 Å². The average Bonchev–Trinajstić information content (AvgIpc) is 3.01. The van der Waals surface area contributed by atoms with Gasteiger partial charge < -0.3 is 4.98 Å². The third-order valence-electron chi connectivity index (χ3n) is 4.22. The number of aromatic nitrogens is 1. The average molecular weight is 329 g/mol. The van der Waals surface area contributed by atoms with E-state index in [4.69, 9.17) is 0 Å². The lowest BCUT2D eigenvalue weighted by Crippen LogP contribution is -1.83. The Morgan fingerprint density at radius 3 is 2.29 bits per heavy atom. The molecule has 1 nitrogen and oxygen atoms in total. The molecule has 0 aliphatic carbocycles. The van der Waals surface area contributed by atoms with Crippen LogP contribution in [0.25, 0.3) is 22.2 Å². The maximum atomic E-state index is 3.61. The van der Waals surface area contributed by atoms with Gasteiger partial charge in [-0.05, 0) is 24.1 Å². The molecule has 4 aromatic rings. The molecular formula is C22H19NS. The van der Waals surface area contributed by atoms with Crippen LogP contribution in [0.3, 0.4) is 0 Å². The number of para-hydroxylation sites is 1. The van der Waals surface area contributed by atoms with Crippen molar-refractivity contribution in [1.82, 2.24) is 4.98 Å². The van der Waals surface area contributed by atoms with Crippen LogP contribution in [0.2, 0.25) is 0 Å². The fraction of sp³-hybridized carbons (Fsp3) is 0.0909. The fourth-order valence-electron chi connectivity index (χ4n) is 2.91. The van der Waals surface area contributed by atoms with Crippen molar-refractivity contribution < 1.29 is 0 Å². The Kier molecular flexibility index (Phi) is 4.14. The first-order chi connectivity index (χ1) is 11.8. The van der Waals surface area contributed by atoms with E-state index in [1.807, 2.05) is 11.8 Å². The van der Waals surface area contributed by atoms with Gasteiger partial charge in [0.1, 0.15) is 0 Å². The molecule has 0 amide bonds. The SMILES string of the molecule is Cc1ccc(CSc2c(-c3ccccc3)[nH]c3ccccc23)cc1. The quantitative estimate of drug-likeness (QED) is 0.426. The first-order valence-corrected chi connectivity index (χ1v) is 9.14. The van der Waals surface area contributed by atoms with Gasteiger partial charge >= 0.3 is 0 Å². The van der Waals surface area contributed by atoms with E-state index in [2.05, 4.69) is 90.8 Å². The number of H-pyrrole nitrogens is 1. The van der Waals surface area contributed by atoms with Crippen molar-refractivity contribution in [2.75, 3.05) is 0 Å². The Labute approximate surface area is 146 Å². The number of hydrogen-bond donors (Lipinski definition) is 1. The number of aryl methyl sites for hydroxylation is 1. The molecule has 0 bridgehead atoms. The van der Waals surface area contributed by atoms with E-state index in [0.717, 1.165) is 5.75 Å². The third kappa shape index (κ3) is 2.98. The molecule has 0 atom stereocenters. The maximum absolute atomic E-state index is 3.61. The van der Waals surface area contributed by atoms with Crippen molar-refractivity contribution >= 4 is 22.7 Å². The summed E-state index contributed by atoms with van der Waals surface area (Å²) in [5, 5.41) is 1.30. The predicted molar refractivity (Wildman–Crippen MR) is 104 cm³/mol. The standard InChI is InChI=1S/C22H19NS/c1-16-11-13-17(14-12-16)15-24-22-19-9-5-6-10-20(19)23-21(22)18-7-3-2-4-8-18/h2-14,23H,15H2,1H3. The summed E-state index contributed by atoms with van der Waals surface area (Å²) in [4.78, 5) is 4.94. The Bertz CT molecular complexity index is 952. The van der Waals surface area contributed by atoms with Gasteiger partial charge in [-0.1, -0.05) is 78.4 Å². The third-order valence-corrected chi connectivity index (χ3v) is 5.42. The molecule has 0 fully saturated rings. The smallest absolute Gasteiger partial charge is 0.0603 e. The highest BCUT2D eigenvalue weighted by atomic mass is 32.2. The summed E-state index contributed by atoms with van der Waals surface area (Å²) < 4.78 is 0. The van der Waals surface area contributed by atoms with Gasteiger partial charge in [-0.15, -0.1) is 11.8 Å². The van der Waals surface area contributed by atoms with E-state index in [9.17, 15) is 0 Å². The number of aromatic amines is 1. The number of benzene rings is 3. The molecule has 0 saturated heterocycles. The summed E-state index contributed by atoms with van der Waals surface area (Å²) in [7, 11) is 0. The van der Waals surface area contributed by atoms with Gasteiger partial charge in [-0.3, -0.25) is 0 Å². The lowest BCUT2D eigenvalue weighted by atomic mass is 10.1. The Balaban J connectivity index is 1.74. The number of thioether (sulfide) groups is 1. The molecule has 0 aliphatic heterocycles. The van der Waals surface area contributed by atoms with Gasteiger partial charge in [-0.25, -0.2) is 0 Å². The second-order valence-corrected chi connectivity index (χ2v) is 7.00. The van der Waals surface area contributed by atoms with Gasteiger partial charge in [-0.2, -0.15) is 0 Å². The highest BCUT2D eigenvalue weighted by Gasteiger charge is 2.13. The summed E-state index contributed by atoms with van der Waals surface area (Å²) in [6.45, 7) is 2.13. The van der Waals surface area contributed by atoms with Gasteiger partial charge in [0, 0.05) is 21.6 Å². The second-order valence-electron chi connectivity index (χ2n) is 6.02. The molecule has 0 aliphatic rings. The van der Waals surface area contributed by atoms with Crippen LogP contribution in [-0.4, -0.2) is 4.98 Å². The second kappa shape index (κ2) is 6.58. The van der Waals surface area contributed by atoms with Crippen molar-refractivity contribution in [2.45, 2.75) is 17.6 Å². The zero-order chi connectivity index (χ0) is 16.4. The minimum absolute atomic E-state index is 0.974. The van der Waals surface area contributed by atoms with Gasteiger partial charge in [0.05, 0.1) is 5.69 Å².